The van der Waals surface area contributed by atoms with Crippen molar-refractivity contribution >= 4 is 23.0 Å². The topological polar surface area (TPSA) is 49.8 Å². The third-order valence-electron chi connectivity index (χ3n) is 2.32. The molecule has 0 saturated carbocycles. The monoisotopic (exact) mass is 234 g/mol. The Morgan fingerprint density at radius 1 is 1.31 bits per heavy atom. The Bertz CT molecular complexity index is 467. The highest BCUT2D eigenvalue weighted by atomic mass is 32.1. The van der Waals surface area contributed by atoms with Crippen LogP contribution in [0.5, 0.6) is 0 Å². The molecular formula is C11H14N4S. The smallest absolute Gasteiger partial charge is 0.131 e. The number of anilines is 2. The molecule has 2 aromatic heterocycles. The van der Waals surface area contributed by atoms with E-state index in [1.54, 1.807) is 17.7 Å². The summed E-state index contributed by atoms with van der Waals surface area (Å²) in [5, 5.41) is 8.37. The fraction of sp³-hybridized carbons (Fsp3) is 0.273. The van der Waals surface area contributed by atoms with Crippen LogP contribution in [-0.2, 0) is 6.54 Å². The quantitative estimate of drug-likeness (QED) is 0.853. The molecule has 2 N–H and O–H groups in total. The van der Waals surface area contributed by atoms with Crippen LogP contribution in [0, 0.1) is 6.92 Å². The maximum Gasteiger partial charge on any atom is 0.131 e. The lowest BCUT2D eigenvalue weighted by Gasteiger charge is -2.06. The summed E-state index contributed by atoms with van der Waals surface area (Å²) in [7, 11) is 1.84. The maximum atomic E-state index is 4.16. The van der Waals surface area contributed by atoms with Gasteiger partial charge in [0.15, 0.2) is 0 Å². The molecule has 0 aromatic carbocycles. The van der Waals surface area contributed by atoms with Gasteiger partial charge in [-0.25, -0.2) is 9.97 Å². The van der Waals surface area contributed by atoms with Crippen LogP contribution in [0.3, 0.4) is 0 Å². The molecule has 0 spiro atoms. The summed E-state index contributed by atoms with van der Waals surface area (Å²) in [5.41, 5.74) is 1.32. The second kappa shape index (κ2) is 4.94. The van der Waals surface area contributed by atoms with E-state index in [0.717, 1.165) is 18.2 Å². The molecule has 0 amide bonds. The molecule has 2 rings (SSSR count). The molecule has 0 unspecified atom stereocenters. The Labute approximate surface area is 98.8 Å². The minimum atomic E-state index is 0.809. The van der Waals surface area contributed by atoms with E-state index in [1.807, 2.05) is 13.1 Å². The standard InChI is InChI=1S/C11H14N4S/c1-8-3-4-16-9(8)6-13-11-5-10(12-2)14-7-15-11/h3-5,7H,6H2,1-2H3,(H2,12,13,14,15). The maximum absolute atomic E-state index is 4.16. The second-order valence-corrected chi connectivity index (χ2v) is 4.42. The Balaban J connectivity index is 2.02. The summed E-state index contributed by atoms with van der Waals surface area (Å²) in [6, 6.07) is 4.02. The highest BCUT2D eigenvalue weighted by Gasteiger charge is 2.01. The molecule has 0 aliphatic rings. The van der Waals surface area contributed by atoms with Gasteiger partial charge in [0.25, 0.3) is 0 Å². The van der Waals surface area contributed by atoms with Gasteiger partial charge < -0.3 is 10.6 Å². The number of aryl methyl sites for hydroxylation is 1. The molecule has 0 saturated heterocycles. The minimum absolute atomic E-state index is 0.809. The molecule has 0 aliphatic carbocycles. The molecule has 0 bridgehead atoms. The van der Waals surface area contributed by atoms with Crippen LogP contribution in [0.2, 0.25) is 0 Å². The Hall–Kier alpha value is -1.62. The van der Waals surface area contributed by atoms with Gasteiger partial charge in [0, 0.05) is 18.0 Å². The van der Waals surface area contributed by atoms with E-state index < -0.39 is 0 Å². The number of thiophene rings is 1. The van der Waals surface area contributed by atoms with Gasteiger partial charge in [-0.3, -0.25) is 0 Å². The zero-order valence-corrected chi connectivity index (χ0v) is 10.1. The van der Waals surface area contributed by atoms with Crippen molar-refractivity contribution in [1.82, 2.24) is 9.97 Å². The summed E-state index contributed by atoms with van der Waals surface area (Å²) < 4.78 is 0. The summed E-state index contributed by atoms with van der Waals surface area (Å²) in [6.07, 6.45) is 1.55. The van der Waals surface area contributed by atoms with Gasteiger partial charge >= 0.3 is 0 Å². The molecule has 2 aromatic rings. The van der Waals surface area contributed by atoms with Crippen molar-refractivity contribution in [3.63, 3.8) is 0 Å². The Morgan fingerprint density at radius 3 is 2.81 bits per heavy atom. The number of hydrogen-bond donors (Lipinski definition) is 2. The van der Waals surface area contributed by atoms with Crippen LogP contribution in [0.15, 0.2) is 23.8 Å². The van der Waals surface area contributed by atoms with E-state index in [-0.39, 0.29) is 0 Å². The fourth-order valence-electron chi connectivity index (χ4n) is 1.35. The van der Waals surface area contributed by atoms with Gasteiger partial charge in [-0.15, -0.1) is 11.3 Å². The van der Waals surface area contributed by atoms with E-state index in [2.05, 4.69) is 39.0 Å². The van der Waals surface area contributed by atoms with Gasteiger partial charge in [-0.2, -0.15) is 0 Å². The van der Waals surface area contributed by atoms with Gasteiger partial charge in [0.1, 0.15) is 18.0 Å². The number of nitrogens with one attached hydrogen (secondary N) is 2. The van der Waals surface area contributed by atoms with Crippen LogP contribution < -0.4 is 10.6 Å². The fourth-order valence-corrected chi connectivity index (χ4v) is 2.19. The Kier molecular flexibility index (Phi) is 3.36. The molecule has 0 aliphatic heterocycles. The third-order valence-corrected chi connectivity index (χ3v) is 3.34. The molecule has 16 heavy (non-hydrogen) atoms. The highest BCUT2D eigenvalue weighted by Crippen LogP contribution is 2.17. The SMILES string of the molecule is CNc1cc(NCc2sccc2C)ncn1. The first kappa shape index (κ1) is 10.9. The first-order valence-electron chi connectivity index (χ1n) is 5.06. The summed E-state index contributed by atoms with van der Waals surface area (Å²) in [6.45, 7) is 2.93. The van der Waals surface area contributed by atoms with Gasteiger partial charge in [-0.1, -0.05) is 0 Å². The van der Waals surface area contributed by atoms with Gasteiger partial charge in [-0.05, 0) is 23.9 Å². The predicted octanol–water partition coefficient (Wildman–Crippen LogP) is 2.50. The van der Waals surface area contributed by atoms with E-state index in [1.165, 1.54) is 10.4 Å². The number of nitrogens with zero attached hydrogens (tertiary/aromatic N) is 2. The molecule has 0 radical (unpaired) electrons. The molecule has 4 nitrogen and oxygen atoms in total. The second-order valence-electron chi connectivity index (χ2n) is 3.42. The highest BCUT2D eigenvalue weighted by molar-refractivity contribution is 7.10. The van der Waals surface area contributed by atoms with Crippen molar-refractivity contribution in [3.05, 3.63) is 34.3 Å². The largest absolute Gasteiger partial charge is 0.373 e. The molecule has 0 fully saturated rings. The lowest BCUT2D eigenvalue weighted by atomic mass is 10.3. The first-order chi connectivity index (χ1) is 7.79. The summed E-state index contributed by atoms with van der Waals surface area (Å²) in [4.78, 5) is 9.56. The van der Waals surface area contributed by atoms with Crippen LogP contribution in [-0.4, -0.2) is 17.0 Å². The molecule has 5 heteroatoms. The minimum Gasteiger partial charge on any atom is -0.373 e. The first-order valence-corrected chi connectivity index (χ1v) is 5.94. The van der Waals surface area contributed by atoms with Crippen LogP contribution in [0.25, 0.3) is 0 Å². The number of hydrogen-bond acceptors (Lipinski definition) is 5. The van der Waals surface area contributed by atoms with Crippen molar-refractivity contribution in [3.8, 4) is 0 Å². The third kappa shape index (κ3) is 2.49. The molecule has 84 valence electrons. The molecular weight excluding hydrogens is 220 g/mol. The lowest BCUT2D eigenvalue weighted by molar-refractivity contribution is 1.09. The zero-order chi connectivity index (χ0) is 11.4. The predicted molar refractivity (Wildman–Crippen MR) is 68.0 cm³/mol. The normalized spacial score (nSPS) is 10.1. The van der Waals surface area contributed by atoms with Gasteiger partial charge in [0.2, 0.25) is 0 Å². The molecule has 0 atom stereocenters. The molecule has 2 heterocycles. The van der Waals surface area contributed by atoms with Crippen molar-refractivity contribution in [2.24, 2.45) is 0 Å². The van der Waals surface area contributed by atoms with Gasteiger partial charge in [0.05, 0.1) is 6.54 Å². The van der Waals surface area contributed by atoms with E-state index in [9.17, 15) is 0 Å². The van der Waals surface area contributed by atoms with E-state index in [0.29, 0.717) is 0 Å². The van der Waals surface area contributed by atoms with Crippen molar-refractivity contribution in [1.29, 1.82) is 0 Å². The zero-order valence-electron chi connectivity index (χ0n) is 9.32. The Morgan fingerprint density at radius 2 is 2.12 bits per heavy atom. The van der Waals surface area contributed by atoms with Crippen molar-refractivity contribution < 1.29 is 0 Å². The number of aromatic nitrogens is 2. The van der Waals surface area contributed by atoms with Crippen molar-refractivity contribution in [2.75, 3.05) is 17.7 Å². The van der Waals surface area contributed by atoms with Crippen LogP contribution in [0.4, 0.5) is 11.6 Å². The summed E-state index contributed by atoms with van der Waals surface area (Å²) in [5.74, 6) is 1.66. The van der Waals surface area contributed by atoms with Crippen molar-refractivity contribution in [2.45, 2.75) is 13.5 Å². The van der Waals surface area contributed by atoms with Crippen LogP contribution in [0.1, 0.15) is 10.4 Å². The van der Waals surface area contributed by atoms with E-state index >= 15 is 0 Å². The average molecular weight is 234 g/mol. The lowest BCUT2D eigenvalue weighted by Crippen LogP contribution is -2.02. The van der Waals surface area contributed by atoms with E-state index in [4.69, 9.17) is 0 Å². The average Bonchev–Trinajstić information content (AvgIpc) is 2.72. The summed E-state index contributed by atoms with van der Waals surface area (Å²) >= 11 is 1.76. The van der Waals surface area contributed by atoms with Crippen LogP contribution >= 0.6 is 11.3 Å². The number of rotatable bonds is 4.